The first-order valence-electron chi connectivity index (χ1n) is 6.79. The molecule has 0 heterocycles. The van der Waals surface area contributed by atoms with Gasteiger partial charge < -0.3 is 0 Å². The molecule has 0 fully saturated rings. The fourth-order valence-electron chi connectivity index (χ4n) is 1.59. The number of hydrogen-bond acceptors (Lipinski definition) is 0. The van der Waals surface area contributed by atoms with E-state index in [2.05, 4.69) is 39.0 Å². The Bertz CT molecular complexity index is 228. The van der Waals surface area contributed by atoms with Crippen LogP contribution in [-0.2, 0) is 6.42 Å². The molecule has 0 aliphatic heterocycles. The minimum absolute atomic E-state index is 1.24. The quantitative estimate of drug-likeness (QED) is 0.615. The average Bonchev–Trinajstić information content (AvgIpc) is 2.30. The molecule has 0 unspecified atom stereocenters. The molecule has 0 radical (unpaired) electrons. The molecule has 0 bridgehead atoms. The molecule has 0 saturated heterocycles. The predicted octanol–water partition coefficient (Wildman–Crippen LogP) is 5.70. The molecule has 0 nitrogen and oxygen atoms in total. The average molecular weight is 222 g/mol. The largest absolute Gasteiger partial charge is 0.0683 e. The molecule has 0 amide bonds. The highest BCUT2D eigenvalue weighted by Gasteiger charge is 1.94. The lowest BCUT2D eigenvalue weighted by Gasteiger charge is -2.03. The summed E-state index contributed by atoms with van der Waals surface area (Å²) in [4.78, 5) is 0. The van der Waals surface area contributed by atoms with Crippen molar-refractivity contribution in [3.8, 4) is 0 Å². The van der Waals surface area contributed by atoms with Gasteiger partial charge in [-0.05, 0) is 32.3 Å². The summed E-state index contributed by atoms with van der Waals surface area (Å²) in [5.41, 5.74) is 4.27. The van der Waals surface area contributed by atoms with Crippen LogP contribution in [0.3, 0.4) is 0 Å². The van der Waals surface area contributed by atoms with Gasteiger partial charge in [0.1, 0.15) is 0 Å². The standard InChI is InChI=1S/C12H18.2C2H6/c1-4-5-6-12-8-10(2)7-11(3)9-12;2*1-2/h7-9H,4-6H2,1-3H3;2*1-2H3. The third kappa shape index (κ3) is 8.52. The summed E-state index contributed by atoms with van der Waals surface area (Å²) in [5, 5.41) is 0. The van der Waals surface area contributed by atoms with E-state index in [9.17, 15) is 0 Å². The van der Waals surface area contributed by atoms with Crippen LogP contribution in [0.1, 0.15) is 64.2 Å². The zero-order valence-corrected chi connectivity index (χ0v) is 12.4. The van der Waals surface area contributed by atoms with E-state index >= 15 is 0 Å². The highest BCUT2D eigenvalue weighted by Crippen LogP contribution is 2.11. The maximum atomic E-state index is 2.29. The SMILES string of the molecule is CC.CC.CCCCc1cc(C)cc(C)c1. The first-order chi connectivity index (χ1) is 7.72. The molecule has 0 atom stereocenters. The van der Waals surface area contributed by atoms with E-state index in [1.165, 1.54) is 36.0 Å². The lowest BCUT2D eigenvalue weighted by atomic mass is 10.0. The van der Waals surface area contributed by atoms with Gasteiger partial charge in [-0.2, -0.15) is 0 Å². The van der Waals surface area contributed by atoms with E-state index in [-0.39, 0.29) is 0 Å². The third-order valence-electron chi connectivity index (χ3n) is 2.10. The fourth-order valence-corrected chi connectivity index (χ4v) is 1.59. The molecule has 94 valence electrons. The summed E-state index contributed by atoms with van der Waals surface area (Å²) in [7, 11) is 0. The van der Waals surface area contributed by atoms with Crippen molar-refractivity contribution in [3.05, 3.63) is 34.9 Å². The molecule has 0 aliphatic carbocycles. The molecular weight excluding hydrogens is 192 g/mol. The maximum absolute atomic E-state index is 2.29. The number of rotatable bonds is 3. The number of unbranched alkanes of at least 4 members (excludes halogenated alkanes) is 1. The topological polar surface area (TPSA) is 0 Å². The minimum Gasteiger partial charge on any atom is -0.0683 e. The van der Waals surface area contributed by atoms with Crippen LogP contribution in [0.15, 0.2) is 18.2 Å². The molecule has 0 aliphatic rings. The minimum atomic E-state index is 1.24. The third-order valence-corrected chi connectivity index (χ3v) is 2.10. The van der Waals surface area contributed by atoms with Gasteiger partial charge in [-0.1, -0.05) is 70.4 Å². The van der Waals surface area contributed by atoms with Crippen molar-refractivity contribution in [3.63, 3.8) is 0 Å². The van der Waals surface area contributed by atoms with E-state index < -0.39 is 0 Å². The van der Waals surface area contributed by atoms with Crippen molar-refractivity contribution in [2.24, 2.45) is 0 Å². The number of aryl methyl sites for hydroxylation is 3. The number of hydrogen-bond donors (Lipinski definition) is 0. The van der Waals surface area contributed by atoms with Gasteiger partial charge in [-0.25, -0.2) is 0 Å². The second kappa shape index (κ2) is 12.3. The van der Waals surface area contributed by atoms with E-state index in [0.29, 0.717) is 0 Å². The molecule has 0 N–H and O–H groups in total. The number of benzene rings is 1. The Morgan fingerprint density at radius 3 is 1.62 bits per heavy atom. The second-order valence-corrected chi connectivity index (χ2v) is 3.60. The molecule has 0 heteroatoms. The smallest absolute Gasteiger partial charge is 0.0279 e. The van der Waals surface area contributed by atoms with Gasteiger partial charge in [0, 0.05) is 0 Å². The summed E-state index contributed by atoms with van der Waals surface area (Å²) >= 11 is 0. The lowest BCUT2D eigenvalue weighted by molar-refractivity contribution is 0.794. The van der Waals surface area contributed by atoms with Gasteiger partial charge in [-0.15, -0.1) is 0 Å². The van der Waals surface area contributed by atoms with Crippen LogP contribution in [0.5, 0.6) is 0 Å². The highest BCUT2D eigenvalue weighted by molar-refractivity contribution is 5.28. The Morgan fingerprint density at radius 2 is 1.25 bits per heavy atom. The molecular formula is C16H30. The van der Waals surface area contributed by atoms with Gasteiger partial charge in [0.2, 0.25) is 0 Å². The molecule has 0 saturated carbocycles. The van der Waals surface area contributed by atoms with Crippen molar-refractivity contribution in [2.45, 2.75) is 67.7 Å². The van der Waals surface area contributed by atoms with Crippen LogP contribution in [0.4, 0.5) is 0 Å². The lowest BCUT2D eigenvalue weighted by Crippen LogP contribution is -1.87. The Morgan fingerprint density at radius 1 is 0.812 bits per heavy atom. The Kier molecular flexibility index (Phi) is 13.5. The van der Waals surface area contributed by atoms with Crippen LogP contribution in [0.25, 0.3) is 0 Å². The van der Waals surface area contributed by atoms with Crippen molar-refractivity contribution in [2.75, 3.05) is 0 Å². The molecule has 1 aromatic rings. The zero-order valence-electron chi connectivity index (χ0n) is 12.4. The van der Waals surface area contributed by atoms with E-state index in [1.54, 1.807) is 0 Å². The van der Waals surface area contributed by atoms with Gasteiger partial charge in [0.15, 0.2) is 0 Å². The molecule has 1 rings (SSSR count). The second-order valence-electron chi connectivity index (χ2n) is 3.60. The highest BCUT2D eigenvalue weighted by atomic mass is 14.0. The van der Waals surface area contributed by atoms with Crippen LogP contribution in [0.2, 0.25) is 0 Å². The van der Waals surface area contributed by atoms with Gasteiger partial charge in [0.05, 0.1) is 0 Å². The summed E-state index contributed by atoms with van der Waals surface area (Å²) in [6.07, 6.45) is 3.83. The fraction of sp³-hybridized carbons (Fsp3) is 0.625. The van der Waals surface area contributed by atoms with Gasteiger partial charge in [-0.3, -0.25) is 0 Å². The first kappa shape index (κ1) is 17.6. The molecule has 0 spiro atoms. The maximum Gasteiger partial charge on any atom is -0.0279 e. The van der Waals surface area contributed by atoms with E-state index in [0.717, 1.165) is 0 Å². The predicted molar refractivity (Wildman–Crippen MR) is 77.2 cm³/mol. The zero-order chi connectivity index (χ0) is 13.0. The Labute approximate surface area is 103 Å². The monoisotopic (exact) mass is 222 g/mol. The Balaban J connectivity index is 0. The van der Waals surface area contributed by atoms with Crippen molar-refractivity contribution in [1.82, 2.24) is 0 Å². The van der Waals surface area contributed by atoms with E-state index in [4.69, 9.17) is 0 Å². The van der Waals surface area contributed by atoms with Crippen LogP contribution >= 0.6 is 0 Å². The Hall–Kier alpha value is -0.780. The first-order valence-corrected chi connectivity index (χ1v) is 6.79. The van der Waals surface area contributed by atoms with E-state index in [1.807, 2.05) is 27.7 Å². The molecule has 16 heavy (non-hydrogen) atoms. The normalized spacial score (nSPS) is 8.44. The van der Waals surface area contributed by atoms with Crippen LogP contribution < -0.4 is 0 Å². The summed E-state index contributed by atoms with van der Waals surface area (Å²) < 4.78 is 0. The van der Waals surface area contributed by atoms with Crippen molar-refractivity contribution < 1.29 is 0 Å². The summed E-state index contributed by atoms with van der Waals surface area (Å²) in [5.74, 6) is 0. The van der Waals surface area contributed by atoms with Crippen molar-refractivity contribution in [1.29, 1.82) is 0 Å². The van der Waals surface area contributed by atoms with Gasteiger partial charge >= 0.3 is 0 Å². The van der Waals surface area contributed by atoms with Crippen LogP contribution in [-0.4, -0.2) is 0 Å². The summed E-state index contributed by atoms with van der Waals surface area (Å²) in [6.45, 7) is 14.6. The summed E-state index contributed by atoms with van der Waals surface area (Å²) in [6, 6.07) is 6.82. The van der Waals surface area contributed by atoms with Gasteiger partial charge in [0.25, 0.3) is 0 Å². The molecule has 0 aromatic heterocycles. The molecule has 1 aromatic carbocycles. The van der Waals surface area contributed by atoms with Crippen molar-refractivity contribution >= 4 is 0 Å². The van der Waals surface area contributed by atoms with Crippen LogP contribution in [0, 0.1) is 13.8 Å².